The Labute approximate surface area is 378 Å². The number of hydrogen-bond donors (Lipinski definition) is 0. The van der Waals surface area contributed by atoms with E-state index in [1.807, 2.05) is 24.3 Å². The molecule has 1 unspecified atom stereocenters. The number of furan rings is 2. The number of anilines is 5. The van der Waals surface area contributed by atoms with Gasteiger partial charge >= 0.3 is 0 Å². The van der Waals surface area contributed by atoms with Gasteiger partial charge in [0.25, 0.3) is 6.71 Å². The Morgan fingerprint density at radius 2 is 1.29 bits per heavy atom. The van der Waals surface area contributed by atoms with E-state index in [9.17, 15) is 0 Å². The molecule has 4 aliphatic rings. The summed E-state index contributed by atoms with van der Waals surface area (Å²) in [6.45, 7) is 9.18. The minimum Gasteiger partial charge on any atom is -0.456 e. The maximum Gasteiger partial charge on any atom is 0.252 e. The third-order valence-electron chi connectivity index (χ3n) is 13.7. The molecule has 3 aliphatic heterocycles. The lowest BCUT2D eigenvalue weighted by Gasteiger charge is -2.46. The zero-order valence-electron chi connectivity index (χ0n) is 36.8. The predicted octanol–water partition coefficient (Wildman–Crippen LogP) is 13.0. The molecule has 0 bridgehead atoms. The summed E-state index contributed by atoms with van der Waals surface area (Å²) >= 11 is 0. The summed E-state index contributed by atoms with van der Waals surface area (Å²) < 4.78 is 25.4. The van der Waals surface area contributed by atoms with Gasteiger partial charge in [-0.1, -0.05) is 124 Å². The van der Waals surface area contributed by atoms with Crippen LogP contribution in [0.5, 0.6) is 11.5 Å². The van der Waals surface area contributed by atoms with Crippen molar-refractivity contribution in [2.24, 2.45) is 0 Å². The monoisotopic (exact) mass is 844 g/mol. The maximum absolute atomic E-state index is 6.56. The maximum atomic E-state index is 6.56. The van der Waals surface area contributed by atoms with Crippen LogP contribution in [0.1, 0.15) is 44.1 Å². The molecular weight excluding hydrogens is 799 g/mol. The van der Waals surface area contributed by atoms with Crippen LogP contribution in [0.3, 0.4) is 0 Å². The van der Waals surface area contributed by atoms with Gasteiger partial charge in [0, 0.05) is 56.3 Å². The SMILES string of the molecule is Cc1cc2c3c(c1)N(C1C=C(c4cc5ccccc5o4)C=CC1)c1cc(-c4cc5ccccc5o4)ccc1B3c1cc3c(cc1N2c1ccc(C(C)(C)C)cc1-c1ccccc1)OCO3. The molecule has 5 heterocycles. The van der Waals surface area contributed by atoms with E-state index in [0.29, 0.717) is 0 Å². The van der Waals surface area contributed by atoms with E-state index in [2.05, 4.69) is 183 Å². The minimum absolute atomic E-state index is 0.0303. The van der Waals surface area contributed by atoms with Crippen molar-refractivity contribution in [3.05, 3.63) is 187 Å². The molecule has 65 heavy (non-hydrogen) atoms. The number of para-hydroxylation sites is 2. The van der Waals surface area contributed by atoms with Crippen molar-refractivity contribution in [1.82, 2.24) is 0 Å². The molecule has 0 saturated carbocycles. The van der Waals surface area contributed by atoms with Crippen LogP contribution in [0.25, 0.3) is 50.0 Å². The summed E-state index contributed by atoms with van der Waals surface area (Å²) in [5.41, 5.74) is 18.0. The van der Waals surface area contributed by atoms with Gasteiger partial charge in [-0.25, -0.2) is 0 Å². The molecule has 0 spiro atoms. The van der Waals surface area contributed by atoms with Gasteiger partial charge in [0.05, 0.1) is 11.7 Å². The molecule has 7 aromatic carbocycles. The fourth-order valence-corrected chi connectivity index (χ4v) is 10.6. The summed E-state index contributed by atoms with van der Waals surface area (Å²) in [6, 6.07) is 54.8. The Bertz CT molecular complexity index is 3410. The lowest BCUT2D eigenvalue weighted by Crippen LogP contribution is -2.62. The Morgan fingerprint density at radius 1 is 0.585 bits per heavy atom. The number of fused-ring (bicyclic) bond motifs is 7. The lowest BCUT2D eigenvalue weighted by atomic mass is 9.33. The lowest BCUT2D eigenvalue weighted by molar-refractivity contribution is 0.174. The molecular formula is C58H45BN2O4. The normalized spacial score (nSPS) is 15.9. The second-order valence-electron chi connectivity index (χ2n) is 18.9. The van der Waals surface area contributed by atoms with Crippen molar-refractivity contribution < 1.29 is 18.3 Å². The molecule has 2 aromatic heterocycles. The second-order valence-corrected chi connectivity index (χ2v) is 18.9. The van der Waals surface area contributed by atoms with Crippen LogP contribution < -0.4 is 35.7 Å². The Balaban J connectivity index is 1.08. The second kappa shape index (κ2) is 14.2. The van der Waals surface area contributed by atoms with Crippen LogP contribution in [0.15, 0.2) is 179 Å². The highest BCUT2D eigenvalue weighted by atomic mass is 16.7. The zero-order valence-corrected chi connectivity index (χ0v) is 36.8. The molecule has 9 aromatic rings. The number of rotatable bonds is 5. The molecule has 0 N–H and O–H groups in total. The minimum atomic E-state index is -0.107. The standard InChI is InChI=1S/C58H45BN2O4/c1-35-25-49-57-50(26-35)61(46-24-22-41(58(2,3)4)31-43(46)36-13-6-5-7-14-36)48-33-56-55(62-34-63-56)32-45(48)59(57)44-23-21-40(54-30-39-16-9-11-20-52(39)65-54)28-47(44)60(49)42-18-12-17-37(27-42)53-29-38-15-8-10-19-51(38)64-53/h5-17,19-33,42H,18,34H2,1-4H3. The van der Waals surface area contributed by atoms with E-state index in [-0.39, 0.29) is 25.0 Å². The van der Waals surface area contributed by atoms with Crippen molar-refractivity contribution in [3.8, 4) is 33.9 Å². The molecule has 6 nitrogen and oxygen atoms in total. The summed E-state index contributed by atoms with van der Waals surface area (Å²) in [7, 11) is 0. The molecule has 1 atom stereocenters. The van der Waals surface area contributed by atoms with Crippen molar-refractivity contribution in [3.63, 3.8) is 0 Å². The van der Waals surface area contributed by atoms with Gasteiger partial charge in [0.15, 0.2) is 11.5 Å². The molecule has 0 saturated heterocycles. The third-order valence-corrected chi connectivity index (χ3v) is 13.7. The van der Waals surface area contributed by atoms with Gasteiger partial charge < -0.3 is 28.1 Å². The van der Waals surface area contributed by atoms with E-state index in [1.54, 1.807) is 0 Å². The van der Waals surface area contributed by atoms with Gasteiger partial charge in [-0.2, -0.15) is 0 Å². The summed E-state index contributed by atoms with van der Waals surface area (Å²) in [4.78, 5) is 5.09. The van der Waals surface area contributed by atoms with Crippen molar-refractivity contribution in [2.75, 3.05) is 16.6 Å². The molecule has 7 heteroatoms. The quantitative estimate of drug-likeness (QED) is 0.161. The molecule has 314 valence electrons. The van der Waals surface area contributed by atoms with E-state index >= 15 is 0 Å². The topological polar surface area (TPSA) is 51.2 Å². The van der Waals surface area contributed by atoms with E-state index in [4.69, 9.17) is 18.3 Å². The van der Waals surface area contributed by atoms with E-state index < -0.39 is 0 Å². The van der Waals surface area contributed by atoms with E-state index in [0.717, 1.165) is 85.3 Å². The van der Waals surface area contributed by atoms with Gasteiger partial charge in [-0.05, 0) is 113 Å². The largest absolute Gasteiger partial charge is 0.456 e. The fraction of sp³-hybridized carbons (Fsp3) is 0.138. The number of nitrogens with zero attached hydrogens (tertiary/aromatic N) is 2. The Morgan fingerprint density at radius 3 is 2.06 bits per heavy atom. The predicted molar refractivity (Wildman–Crippen MR) is 266 cm³/mol. The highest BCUT2D eigenvalue weighted by molar-refractivity contribution is 7.00. The highest BCUT2D eigenvalue weighted by Crippen LogP contribution is 2.50. The van der Waals surface area contributed by atoms with Crippen molar-refractivity contribution in [1.29, 1.82) is 0 Å². The zero-order chi connectivity index (χ0) is 43.6. The number of hydrogen-bond acceptors (Lipinski definition) is 6. The first-order chi connectivity index (χ1) is 31.7. The molecule has 0 amide bonds. The first-order valence-electron chi connectivity index (χ1n) is 22.6. The average molecular weight is 845 g/mol. The summed E-state index contributed by atoms with van der Waals surface area (Å²) in [5, 5.41) is 2.18. The highest BCUT2D eigenvalue weighted by Gasteiger charge is 2.46. The van der Waals surface area contributed by atoms with Crippen LogP contribution >= 0.6 is 0 Å². The first-order valence-corrected chi connectivity index (χ1v) is 22.6. The fourth-order valence-electron chi connectivity index (χ4n) is 10.6. The van der Waals surface area contributed by atoms with Gasteiger partial charge in [0.1, 0.15) is 22.7 Å². The van der Waals surface area contributed by atoms with Crippen LogP contribution in [0, 0.1) is 6.92 Å². The van der Waals surface area contributed by atoms with Gasteiger partial charge in [-0.3, -0.25) is 0 Å². The van der Waals surface area contributed by atoms with Crippen molar-refractivity contribution >= 4 is 79.0 Å². The number of ether oxygens (including phenoxy) is 2. The van der Waals surface area contributed by atoms with Crippen LogP contribution in [-0.4, -0.2) is 19.5 Å². The van der Waals surface area contributed by atoms with Crippen LogP contribution in [-0.2, 0) is 5.41 Å². The molecule has 0 radical (unpaired) electrons. The Kier molecular flexibility index (Phi) is 8.27. The first kappa shape index (κ1) is 37.9. The number of aryl methyl sites for hydroxylation is 1. The third kappa shape index (κ3) is 6.02. The van der Waals surface area contributed by atoms with Gasteiger partial charge in [-0.15, -0.1) is 0 Å². The number of benzene rings is 7. The van der Waals surface area contributed by atoms with Crippen LogP contribution in [0.2, 0.25) is 0 Å². The molecule has 13 rings (SSSR count). The number of allylic oxidation sites excluding steroid dienone is 2. The van der Waals surface area contributed by atoms with Gasteiger partial charge in [0.2, 0.25) is 6.79 Å². The Hall–Kier alpha value is -7.64. The molecule has 0 fully saturated rings. The summed E-state index contributed by atoms with van der Waals surface area (Å²) in [6.07, 6.45) is 7.73. The smallest absolute Gasteiger partial charge is 0.252 e. The van der Waals surface area contributed by atoms with Crippen LogP contribution in [0.4, 0.5) is 28.4 Å². The van der Waals surface area contributed by atoms with E-state index in [1.165, 1.54) is 44.3 Å². The van der Waals surface area contributed by atoms with Crippen molar-refractivity contribution in [2.45, 2.75) is 45.6 Å². The summed E-state index contributed by atoms with van der Waals surface area (Å²) in [5.74, 6) is 3.24. The molecule has 1 aliphatic carbocycles. The average Bonchev–Trinajstić information content (AvgIpc) is 4.09.